The van der Waals surface area contributed by atoms with Gasteiger partial charge in [-0.25, -0.2) is 8.42 Å². The summed E-state index contributed by atoms with van der Waals surface area (Å²) in [4.78, 5) is 12.7. The summed E-state index contributed by atoms with van der Waals surface area (Å²) in [6, 6.07) is 9.91. The zero-order valence-corrected chi connectivity index (χ0v) is 19.1. The average Bonchev–Trinajstić information content (AvgIpc) is 2.72. The quantitative estimate of drug-likeness (QED) is 0.661. The molecule has 0 bridgehead atoms. The second kappa shape index (κ2) is 9.56. The van der Waals surface area contributed by atoms with Crippen molar-refractivity contribution in [2.75, 3.05) is 25.0 Å². The molecule has 0 radical (unpaired) electrons. The first kappa shape index (κ1) is 22.9. The maximum absolute atomic E-state index is 13.1. The van der Waals surface area contributed by atoms with Crippen LogP contribution < -0.4 is 10.1 Å². The predicted molar refractivity (Wildman–Crippen MR) is 119 cm³/mol. The van der Waals surface area contributed by atoms with Gasteiger partial charge in [-0.15, -0.1) is 0 Å². The van der Waals surface area contributed by atoms with E-state index in [1.54, 1.807) is 31.2 Å². The maximum Gasteiger partial charge on any atom is 0.246 e. The number of sulfonamides is 1. The van der Waals surface area contributed by atoms with Gasteiger partial charge in [0.2, 0.25) is 15.9 Å². The first-order chi connectivity index (χ1) is 14.2. The number of ether oxygens (including phenoxy) is 1. The molecule has 0 saturated carbocycles. The highest BCUT2D eigenvalue weighted by Gasteiger charge is 2.34. The van der Waals surface area contributed by atoms with Gasteiger partial charge in [0.25, 0.3) is 0 Å². The normalized spacial score (nSPS) is 15.7. The molecular formula is C21H24Cl2N2O4S. The van der Waals surface area contributed by atoms with Crippen LogP contribution in [-0.4, -0.2) is 38.3 Å². The minimum absolute atomic E-state index is 0.0500. The number of benzene rings is 2. The Morgan fingerprint density at radius 1 is 1.17 bits per heavy atom. The molecule has 1 amide bonds. The monoisotopic (exact) mass is 470 g/mol. The summed E-state index contributed by atoms with van der Waals surface area (Å²) >= 11 is 12.1. The Hall–Kier alpha value is -1.80. The van der Waals surface area contributed by atoms with E-state index in [-0.39, 0.29) is 35.6 Å². The molecule has 0 atom stereocenters. The highest BCUT2D eigenvalue weighted by molar-refractivity contribution is 7.89. The molecule has 0 aliphatic carbocycles. The van der Waals surface area contributed by atoms with Gasteiger partial charge in [-0.3, -0.25) is 4.79 Å². The molecule has 0 spiro atoms. The smallest absolute Gasteiger partial charge is 0.246 e. The van der Waals surface area contributed by atoms with Crippen molar-refractivity contribution in [3.05, 3.63) is 52.0 Å². The second-order valence-electron chi connectivity index (χ2n) is 7.16. The van der Waals surface area contributed by atoms with Crippen LogP contribution in [0.25, 0.3) is 0 Å². The Morgan fingerprint density at radius 2 is 1.87 bits per heavy atom. The van der Waals surface area contributed by atoms with E-state index < -0.39 is 10.0 Å². The number of nitrogens with one attached hydrogen (secondary N) is 1. The lowest BCUT2D eigenvalue weighted by atomic mass is 9.97. The third-order valence-electron chi connectivity index (χ3n) is 5.09. The van der Waals surface area contributed by atoms with Crippen LogP contribution in [0.5, 0.6) is 5.75 Å². The predicted octanol–water partition coefficient (Wildman–Crippen LogP) is 4.74. The van der Waals surface area contributed by atoms with Crippen LogP contribution in [0.2, 0.25) is 10.0 Å². The van der Waals surface area contributed by atoms with E-state index in [9.17, 15) is 13.2 Å². The molecule has 2 aromatic carbocycles. The summed E-state index contributed by atoms with van der Waals surface area (Å²) in [5.41, 5.74) is 1.56. The summed E-state index contributed by atoms with van der Waals surface area (Å²) in [6.07, 6.45) is 0.852. The number of piperidine rings is 1. The fourth-order valence-electron chi connectivity index (χ4n) is 3.37. The summed E-state index contributed by atoms with van der Waals surface area (Å²) in [6.45, 7) is 4.51. The SMILES string of the molecule is CCOc1ccc(Cl)cc1S(=O)(=O)N1CCC(C(=O)Nc2ccc(C)c(Cl)c2)CC1. The Kier molecular flexibility index (Phi) is 7.29. The van der Waals surface area contributed by atoms with E-state index in [1.165, 1.54) is 10.4 Å². The van der Waals surface area contributed by atoms with Crippen LogP contribution in [0.4, 0.5) is 5.69 Å². The van der Waals surface area contributed by atoms with Crippen LogP contribution in [0.15, 0.2) is 41.3 Å². The Labute approximate surface area is 187 Å². The molecule has 3 rings (SSSR count). The molecule has 30 heavy (non-hydrogen) atoms. The van der Waals surface area contributed by atoms with E-state index in [0.717, 1.165) is 5.56 Å². The van der Waals surface area contributed by atoms with Crippen molar-refractivity contribution in [1.82, 2.24) is 4.31 Å². The van der Waals surface area contributed by atoms with Crippen LogP contribution in [0.1, 0.15) is 25.3 Å². The second-order valence-corrected chi connectivity index (χ2v) is 9.91. The molecule has 0 aromatic heterocycles. The summed E-state index contributed by atoms with van der Waals surface area (Å²) in [5, 5.41) is 3.78. The molecule has 1 saturated heterocycles. The van der Waals surface area contributed by atoms with E-state index in [1.807, 2.05) is 13.0 Å². The molecule has 6 nitrogen and oxygen atoms in total. The number of hydrogen-bond donors (Lipinski definition) is 1. The van der Waals surface area contributed by atoms with Gasteiger partial charge in [0.1, 0.15) is 10.6 Å². The molecular weight excluding hydrogens is 447 g/mol. The molecule has 0 unspecified atom stereocenters. The Balaban J connectivity index is 1.68. The van der Waals surface area contributed by atoms with Gasteiger partial charge < -0.3 is 10.1 Å². The number of carbonyl (C=O) groups is 1. The molecule has 9 heteroatoms. The van der Waals surface area contributed by atoms with Crippen molar-refractivity contribution in [3.8, 4) is 5.75 Å². The number of halogens is 2. The molecule has 1 aliphatic heterocycles. The van der Waals surface area contributed by atoms with E-state index in [4.69, 9.17) is 27.9 Å². The third kappa shape index (κ3) is 5.09. The lowest BCUT2D eigenvalue weighted by molar-refractivity contribution is -0.120. The van der Waals surface area contributed by atoms with Gasteiger partial charge in [0.05, 0.1) is 6.61 Å². The highest BCUT2D eigenvalue weighted by atomic mass is 35.5. The van der Waals surface area contributed by atoms with Crippen LogP contribution in [0, 0.1) is 12.8 Å². The first-order valence-corrected chi connectivity index (χ1v) is 11.9. The third-order valence-corrected chi connectivity index (χ3v) is 7.65. The lowest BCUT2D eigenvalue weighted by Gasteiger charge is -2.31. The fraction of sp³-hybridized carbons (Fsp3) is 0.381. The molecule has 1 heterocycles. The van der Waals surface area contributed by atoms with Crippen molar-refractivity contribution >= 4 is 44.8 Å². The number of hydrogen-bond acceptors (Lipinski definition) is 4. The van der Waals surface area contributed by atoms with E-state index in [0.29, 0.717) is 35.2 Å². The van der Waals surface area contributed by atoms with Crippen molar-refractivity contribution in [3.63, 3.8) is 0 Å². The van der Waals surface area contributed by atoms with Crippen molar-refractivity contribution in [2.24, 2.45) is 5.92 Å². The summed E-state index contributed by atoms with van der Waals surface area (Å²) in [7, 11) is -3.78. The van der Waals surface area contributed by atoms with Gasteiger partial charge in [-0.1, -0.05) is 29.3 Å². The van der Waals surface area contributed by atoms with Crippen LogP contribution >= 0.6 is 23.2 Å². The largest absolute Gasteiger partial charge is 0.492 e. The van der Waals surface area contributed by atoms with Gasteiger partial charge >= 0.3 is 0 Å². The first-order valence-electron chi connectivity index (χ1n) is 9.72. The molecule has 1 fully saturated rings. The zero-order valence-electron chi connectivity index (χ0n) is 16.8. The van der Waals surface area contributed by atoms with Crippen molar-refractivity contribution in [1.29, 1.82) is 0 Å². The van der Waals surface area contributed by atoms with Crippen LogP contribution in [0.3, 0.4) is 0 Å². The summed E-state index contributed by atoms with van der Waals surface area (Å²) < 4.78 is 33.1. The Bertz CT molecular complexity index is 1040. The molecule has 2 aromatic rings. The lowest BCUT2D eigenvalue weighted by Crippen LogP contribution is -2.41. The van der Waals surface area contributed by atoms with Gasteiger partial charge in [0.15, 0.2) is 0 Å². The number of amides is 1. The molecule has 1 aliphatic rings. The Morgan fingerprint density at radius 3 is 2.50 bits per heavy atom. The van der Waals surface area contributed by atoms with Gasteiger partial charge in [-0.2, -0.15) is 4.31 Å². The number of carbonyl (C=O) groups excluding carboxylic acids is 1. The average molecular weight is 471 g/mol. The minimum atomic E-state index is -3.78. The van der Waals surface area contributed by atoms with E-state index >= 15 is 0 Å². The number of nitrogens with zero attached hydrogens (tertiary/aromatic N) is 1. The standard InChI is InChI=1S/C21H24Cl2N2O4S/c1-3-29-19-7-5-16(22)12-20(19)30(27,28)25-10-8-15(9-11-25)21(26)24-17-6-4-14(2)18(23)13-17/h4-7,12-13,15H,3,8-11H2,1-2H3,(H,24,26). The topological polar surface area (TPSA) is 75.7 Å². The van der Waals surface area contributed by atoms with Crippen LogP contribution in [-0.2, 0) is 14.8 Å². The minimum Gasteiger partial charge on any atom is -0.492 e. The van der Waals surface area contributed by atoms with Crippen molar-refractivity contribution in [2.45, 2.75) is 31.6 Å². The summed E-state index contributed by atoms with van der Waals surface area (Å²) in [5.74, 6) is -0.134. The molecule has 162 valence electrons. The van der Waals surface area contributed by atoms with Gasteiger partial charge in [-0.05, 0) is 62.6 Å². The maximum atomic E-state index is 13.1. The number of rotatable bonds is 6. The fourth-order valence-corrected chi connectivity index (χ4v) is 5.41. The zero-order chi connectivity index (χ0) is 21.9. The van der Waals surface area contributed by atoms with Gasteiger partial charge in [0, 0.05) is 34.7 Å². The van der Waals surface area contributed by atoms with E-state index in [2.05, 4.69) is 5.32 Å². The molecule has 1 N–H and O–H groups in total. The van der Waals surface area contributed by atoms with Crippen molar-refractivity contribution < 1.29 is 17.9 Å². The number of anilines is 1. The number of aryl methyl sites for hydroxylation is 1. The highest BCUT2D eigenvalue weighted by Crippen LogP contribution is 2.32.